The maximum Gasteiger partial charge on any atom is 0.258 e. The smallest absolute Gasteiger partial charge is 0.258 e. The second kappa shape index (κ2) is 12.4. The molecule has 3 N–H and O–H groups in total. The van der Waals surface area contributed by atoms with E-state index in [2.05, 4.69) is 16.0 Å². The summed E-state index contributed by atoms with van der Waals surface area (Å²) in [7, 11) is 3.36. The number of hydrogen-bond donors (Lipinski definition) is 3. The second-order valence-electron chi connectivity index (χ2n) is 5.59. The molecule has 0 saturated carbocycles. The predicted molar refractivity (Wildman–Crippen MR) is 99.9 cm³/mol. The largest absolute Gasteiger partial charge is 0.493 e. The third-order valence-corrected chi connectivity index (χ3v) is 3.12. The Labute approximate surface area is 155 Å². The molecule has 0 heterocycles. The lowest BCUT2D eigenvalue weighted by Gasteiger charge is -2.13. The van der Waals surface area contributed by atoms with Gasteiger partial charge in [-0.05, 0) is 52.1 Å². The summed E-state index contributed by atoms with van der Waals surface area (Å²) in [5.74, 6) is 0.449. The number of methoxy groups -OCH3 is 1. The molecule has 8 heteroatoms. The Bertz CT molecular complexity index is 553. The molecular formula is C17H28ClN3O4. The van der Waals surface area contributed by atoms with Crippen molar-refractivity contribution in [3.8, 4) is 11.5 Å². The van der Waals surface area contributed by atoms with Gasteiger partial charge in [-0.25, -0.2) is 0 Å². The van der Waals surface area contributed by atoms with Crippen LogP contribution >= 0.6 is 12.4 Å². The summed E-state index contributed by atoms with van der Waals surface area (Å²) in [6.45, 7) is 5.08. The monoisotopic (exact) mass is 373 g/mol. The Hall–Kier alpha value is -1.99. The van der Waals surface area contributed by atoms with Gasteiger partial charge in [0.1, 0.15) is 0 Å². The van der Waals surface area contributed by atoms with Gasteiger partial charge in [-0.2, -0.15) is 0 Å². The first-order chi connectivity index (χ1) is 11.5. The number of benzene rings is 1. The number of carbonyl (C=O) groups excluding carboxylic acids is 2. The van der Waals surface area contributed by atoms with Crippen LogP contribution < -0.4 is 25.4 Å². The lowest BCUT2D eigenvalue weighted by atomic mass is 10.2. The summed E-state index contributed by atoms with van der Waals surface area (Å²) >= 11 is 0. The van der Waals surface area contributed by atoms with Gasteiger partial charge in [0.05, 0.1) is 7.11 Å². The molecule has 142 valence electrons. The van der Waals surface area contributed by atoms with E-state index < -0.39 is 0 Å². The third kappa shape index (κ3) is 8.60. The number of rotatable bonds is 10. The average Bonchev–Trinajstić information content (AvgIpc) is 2.55. The molecule has 0 fully saturated rings. The molecule has 7 nitrogen and oxygen atoms in total. The van der Waals surface area contributed by atoms with Crippen LogP contribution in [0.5, 0.6) is 11.5 Å². The van der Waals surface area contributed by atoms with E-state index in [0.29, 0.717) is 23.6 Å². The fourth-order valence-corrected chi connectivity index (χ4v) is 2.00. The zero-order valence-electron chi connectivity index (χ0n) is 15.2. The molecule has 0 saturated heterocycles. The van der Waals surface area contributed by atoms with Crippen molar-refractivity contribution in [1.82, 2.24) is 16.0 Å². The molecule has 1 aromatic carbocycles. The minimum atomic E-state index is -0.210. The molecule has 1 rings (SSSR count). The van der Waals surface area contributed by atoms with Crippen molar-refractivity contribution in [3.05, 3.63) is 23.8 Å². The number of ether oxygens (including phenoxy) is 2. The maximum absolute atomic E-state index is 12.1. The SMILES string of the molecule is CNCCCNC(=O)c1ccc(OCC(=O)NC(C)C)c(OC)c1.Cl. The zero-order chi connectivity index (χ0) is 17.9. The Balaban J connectivity index is 0.00000576. The normalized spacial score (nSPS) is 9.96. The summed E-state index contributed by atoms with van der Waals surface area (Å²) in [6.07, 6.45) is 0.853. The van der Waals surface area contributed by atoms with Crippen LogP contribution in [0, 0.1) is 0 Å². The molecule has 0 aromatic heterocycles. The topological polar surface area (TPSA) is 88.7 Å². The van der Waals surface area contributed by atoms with Crippen LogP contribution in [0.3, 0.4) is 0 Å². The Morgan fingerprint density at radius 2 is 1.88 bits per heavy atom. The van der Waals surface area contributed by atoms with Crippen molar-refractivity contribution >= 4 is 24.2 Å². The van der Waals surface area contributed by atoms with E-state index in [-0.39, 0.29) is 36.9 Å². The van der Waals surface area contributed by atoms with Crippen LogP contribution in [0.25, 0.3) is 0 Å². The highest BCUT2D eigenvalue weighted by molar-refractivity contribution is 5.94. The van der Waals surface area contributed by atoms with E-state index >= 15 is 0 Å². The van der Waals surface area contributed by atoms with Crippen LogP contribution in [0.4, 0.5) is 0 Å². The van der Waals surface area contributed by atoms with Crippen LogP contribution in [0.1, 0.15) is 30.6 Å². The Morgan fingerprint density at radius 1 is 1.16 bits per heavy atom. The molecule has 1 aromatic rings. The van der Waals surface area contributed by atoms with Gasteiger partial charge in [0, 0.05) is 18.2 Å². The van der Waals surface area contributed by atoms with E-state index in [4.69, 9.17) is 9.47 Å². The summed E-state index contributed by atoms with van der Waals surface area (Å²) in [4.78, 5) is 23.7. The van der Waals surface area contributed by atoms with Crippen molar-refractivity contribution in [2.45, 2.75) is 26.3 Å². The highest BCUT2D eigenvalue weighted by Gasteiger charge is 2.12. The lowest BCUT2D eigenvalue weighted by Crippen LogP contribution is -2.34. The van der Waals surface area contributed by atoms with Crippen molar-refractivity contribution in [1.29, 1.82) is 0 Å². The molecule has 0 bridgehead atoms. The number of halogens is 1. The van der Waals surface area contributed by atoms with Crippen molar-refractivity contribution in [2.75, 3.05) is 33.9 Å². The van der Waals surface area contributed by atoms with Gasteiger partial charge in [-0.15, -0.1) is 12.4 Å². The van der Waals surface area contributed by atoms with E-state index in [0.717, 1.165) is 13.0 Å². The molecule has 0 atom stereocenters. The maximum atomic E-state index is 12.1. The third-order valence-electron chi connectivity index (χ3n) is 3.12. The Kier molecular flexibility index (Phi) is 11.4. The van der Waals surface area contributed by atoms with E-state index in [1.165, 1.54) is 7.11 Å². The quantitative estimate of drug-likeness (QED) is 0.539. The minimum Gasteiger partial charge on any atom is -0.493 e. The highest BCUT2D eigenvalue weighted by atomic mass is 35.5. The summed E-state index contributed by atoms with van der Waals surface area (Å²) in [5.41, 5.74) is 0.482. The molecule has 0 radical (unpaired) electrons. The summed E-state index contributed by atoms with van der Waals surface area (Å²) < 4.78 is 10.7. The highest BCUT2D eigenvalue weighted by Crippen LogP contribution is 2.28. The Morgan fingerprint density at radius 3 is 2.48 bits per heavy atom. The number of amides is 2. The molecule has 0 aliphatic carbocycles. The van der Waals surface area contributed by atoms with Gasteiger partial charge >= 0.3 is 0 Å². The minimum absolute atomic E-state index is 0. The summed E-state index contributed by atoms with van der Waals surface area (Å²) in [6, 6.07) is 4.93. The molecule has 0 aliphatic rings. The molecule has 25 heavy (non-hydrogen) atoms. The van der Waals surface area contributed by atoms with Crippen LogP contribution in [0.15, 0.2) is 18.2 Å². The van der Waals surface area contributed by atoms with Gasteiger partial charge < -0.3 is 25.4 Å². The van der Waals surface area contributed by atoms with Crippen LogP contribution in [0.2, 0.25) is 0 Å². The van der Waals surface area contributed by atoms with Crippen LogP contribution in [-0.2, 0) is 4.79 Å². The van der Waals surface area contributed by atoms with E-state index in [1.54, 1.807) is 18.2 Å². The van der Waals surface area contributed by atoms with Gasteiger partial charge in [0.2, 0.25) is 0 Å². The van der Waals surface area contributed by atoms with Gasteiger partial charge in [0.25, 0.3) is 11.8 Å². The standard InChI is InChI=1S/C17H27N3O4.ClH/c1-12(2)20-16(21)11-24-14-7-6-13(10-15(14)23-4)17(22)19-9-5-8-18-3;/h6-7,10,12,18H,5,8-9,11H2,1-4H3,(H,19,22)(H,20,21);1H. The first-order valence-electron chi connectivity index (χ1n) is 8.01. The first kappa shape index (κ1) is 23.0. The van der Waals surface area contributed by atoms with E-state index in [9.17, 15) is 9.59 Å². The molecule has 0 unspecified atom stereocenters. The molecule has 0 aliphatic heterocycles. The zero-order valence-corrected chi connectivity index (χ0v) is 16.0. The van der Waals surface area contributed by atoms with Crippen molar-refractivity contribution in [3.63, 3.8) is 0 Å². The van der Waals surface area contributed by atoms with Crippen molar-refractivity contribution < 1.29 is 19.1 Å². The first-order valence-corrected chi connectivity index (χ1v) is 8.01. The summed E-state index contributed by atoms with van der Waals surface area (Å²) in [5, 5.41) is 8.60. The van der Waals surface area contributed by atoms with E-state index in [1.807, 2.05) is 20.9 Å². The van der Waals surface area contributed by atoms with Gasteiger partial charge in [0.15, 0.2) is 18.1 Å². The fraction of sp³-hybridized carbons (Fsp3) is 0.529. The number of carbonyl (C=O) groups is 2. The fourth-order valence-electron chi connectivity index (χ4n) is 2.00. The van der Waals surface area contributed by atoms with Crippen molar-refractivity contribution in [2.24, 2.45) is 0 Å². The predicted octanol–water partition coefficient (Wildman–Crippen LogP) is 1.36. The average molecular weight is 374 g/mol. The van der Waals surface area contributed by atoms with Gasteiger partial charge in [-0.3, -0.25) is 9.59 Å². The number of hydrogen-bond acceptors (Lipinski definition) is 5. The van der Waals surface area contributed by atoms with Crippen LogP contribution in [-0.4, -0.2) is 51.7 Å². The molecular weight excluding hydrogens is 346 g/mol. The lowest BCUT2D eigenvalue weighted by molar-refractivity contribution is -0.123. The number of nitrogens with one attached hydrogen (secondary N) is 3. The second-order valence-corrected chi connectivity index (χ2v) is 5.59. The van der Waals surface area contributed by atoms with Gasteiger partial charge in [-0.1, -0.05) is 0 Å². The molecule has 0 spiro atoms. The molecule has 2 amide bonds.